The smallest absolute Gasteiger partial charge is 0.248 e. The number of carbonyl (C=O) groups is 3. The molecular formula is C27H37N3O6S. The Morgan fingerprint density at radius 3 is 2.38 bits per heavy atom. The van der Waals surface area contributed by atoms with Crippen LogP contribution in [0.1, 0.15) is 52.9 Å². The highest BCUT2D eigenvalue weighted by atomic mass is 32.2. The third-order valence-electron chi connectivity index (χ3n) is 6.87. The van der Waals surface area contributed by atoms with Crippen molar-refractivity contribution in [3.05, 3.63) is 48.1 Å². The normalized spacial score (nSPS) is 21.6. The van der Waals surface area contributed by atoms with Crippen LogP contribution in [-0.4, -0.2) is 46.5 Å². The van der Waals surface area contributed by atoms with Crippen LogP contribution in [-0.2, 0) is 29.9 Å². The lowest BCUT2D eigenvalue weighted by atomic mass is 9.79. The number of benzene rings is 1. The lowest BCUT2D eigenvalue weighted by Crippen LogP contribution is -2.51. The second-order valence-corrected chi connectivity index (χ2v) is 11.8. The highest BCUT2D eigenvalue weighted by molar-refractivity contribution is 7.87. The summed E-state index contributed by atoms with van der Waals surface area (Å²) >= 11 is 0. The molecule has 3 rings (SSSR count). The van der Waals surface area contributed by atoms with Crippen LogP contribution < -0.4 is 21.3 Å². The van der Waals surface area contributed by atoms with Gasteiger partial charge in [0.25, 0.3) is 0 Å². The zero-order chi connectivity index (χ0) is 27.1. The van der Waals surface area contributed by atoms with E-state index in [-0.39, 0.29) is 24.8 Å². The van der Waals surface area contributed by atoms with Gasteiger partial charge in [-0.3, -0.25) is 29.4 Å². The molecule has 10 heteroatoms. The van der Waals surface area contributed by atoms with Crippen molar-refractivity contribution in [3.8, 4) is 5.75 Å². The van der Waals surface area contributed by atoms with Gasteiger partial charge in [-0.25, -0.2) is 0 Å². The van der Waals surface area contributed by atoms with Gasteiger partial charge in [0.1, 0.15) is 10.5 Å². The Morgan fingerprint density at radius 2 is 1.81 bits per heavy atom. The molecule has 1 aliphatic heterocycles. The van der Waals surface area contributed by atoms with Crippen molar-refractivity contribution in [3.63, 3.8) is 0 Å². The Balaban J connectivity index is 1.39. The van der Waals surface area contributed by atoms with Gasteiger partial charge < -0.3 is 15.2 Å². The van der Waals surface area contributed by atoms with Crippen LogP contribution in [0.5, 0.6) is 5.75 Å². The van der Waals surface area contributed by atoms with Gasteiger partial charge >= 0.3 is 0 Å². The fourth-order valence-corrected chi connectivity index (χ4v) is 5.76. The zero-order valence-corrected chi connectivity index (χ0v) is 22.5. The summed E-state index contributed by atoms with van der Waals surface area (Å²) in [5.41, 5.74) is 11.1. The summed E-state index contributed by atoms with van der Waals surface area (Å²) in [6.45, 7) is 7.03. The van der Waals surface area contributed by atoms with Crippen LogP contribution in [0.25, 0.3) is 0 Å². The second kappa shape index (κ2) is 12.5. The molecule has 0 aromatic heterocycles. The minimum Gasteiger partial charge on any atom is -0.494 e. The third-order valence-corrected chi connectivity index (χ3v) is 8.88. The van der Waals surface area contributed by atoms with Crippen molar-refractivity contribution in [1.82, 2.24) is 10.9 Å². The number of hydrogen-bond donors (Lipinski definition) is 3. The van der Waals surface area contributed by atoms with Gasteiger partial charge in [-0.2, -0.15) is 0 Å². The van der Waals surface area contributed by atoms with Crippen LogP contribution >= 0.6 is 0 Å². The molecule has 1 heterocycles. The number of hydrogen-bond acceptors (Lipinski definition) is 6. The van der Waals surface area contributed by atoms with Gasteiger partial charge in [0, 0.05) is 24.5 Å². The monoisotopic (exact) mass is 531 g/mol. The molecular weight excluding hydrogens is 494 g/mol. The fourth-order valence-electron chi connectivity index (χ4n) is 4.21. The number of nitrogens with two attached hydrogens (primary N) is 1. The van der Waals surface area contributed by atoms with Crippen molar-refractivity contribution in [2.24, 2.45) is 17.1 Å². The summed E-state index contributed by atoms with van der Waals surface area (Å²) in [4.78, 5) is 37.3. The van der Waals surface area contributed by atoms with Crippen molar-refractivity contribution in [2.45, 2.75) is 62.5 Å². The van der Waals surface area contributed by atoms with Crippen LogP contribution in [0, 0.1) is 11.3 Å². The number of allylic oxidation sites excluding steroid dienone is 3. The second-order valence-electron chi connectivity index (χ2n) is 9.98. The largest absolute Gasteiger partial charge is 0.494 e. The Hall–Kier alpha value is -2.98. The van der Waals surface area contributed by atoms with E-state index in [9.17, 15) is 18.6 Å². The maximum Gasteiger partial charge on any atom is 0.248 e. The number of nitrogens with one attached hydrogen (secondary N) is 2. The maximum absolute atomic E-state index is 13.1. The Kier molecular flexibility index (Phi) is 9.67. The molecule has 37 heavy (non-hydrogen) atoms. The summed E-state index contributed by atoms with van der Waals surface area (Å²) in [6.07, 6.45) is 7.76. The predicted molar refractivity (Wildman–Crippen MR) is 141 cm³/mol. The molecule has 2 aliphatic rings. The topological polar surface area (TPSA) is 137 Å². The van der Waals surface area contributed by atoms with Crippen molar-refractivity contribution in [2.75, 3.05) is 19.8 Å². The van der Waals surface area contributed by atoms with E-state index in [0.717, 1.165) is 0 Å². The lowest BCUT2D eigenvalue weighted by molar-refractivity contribution is -0.133. The first-order chi connectivity index (χ1) is 17.6. The summed E-state index contributed by atoms with van der Waals surface area (Å²) in [5.74, 6) is -0.189. The quantitative estimate of drug-likeness (QED) is 0.314. The number of primary amides is 1. The molecule has 1 fully saturated rings. The van der Waals surface area contributed by atoms with Crippen LogP contribution in [0.4, 0.5) is 0 Å². The average Bonchev–Trinajstić information content (AvgIpc) is 2.90. The summed E-state index contributed by atoms with van der Waals surface area (Å²) < 4.78 is 23.0. The first kappa shape index (κ1) is 28.6. The molecule has 4 N–H and O–H groups in total. The first-order valence-electron chi connectivity index (χ1n) is 12.6. The predicted octanol–water partition coefficient (Wildman–Crippen LogP) is 2.68. The molecule has 202 valence electrons. The van der Waals surface area contributed by atoms with E-state index in [4.69, 9.17) is 15.2 Å². The number of hydrazine groups is 1. The number of carbonyl (C=O) groups excluding carboxylic acids is 3. The number of ether oxygens (including phenoxy) is 2. The molecule has 0 spiro atoms. The fraction of sp³-hybridized carbons (Fsp3) is 0.519. The summed E-state index contributed by atoms with van der Waals surface area (Å²) in [7, 11) is -1.60. The van der Waals surface area contributed by atoms with E-state index in [2.05, 4.69) is 30.8 Å². The third kappa shape index (κ3) is 7.07. The summed E-state index contributed by atoms with van der Waals surface area (Å²) in [6, 6.07) is 6.68. The standard InChI is InChI=1S/C27H37N3O6S/c1-19(2)20-10-12-26(3,13-11-20)25(33)30-29-23(31)5-4-16-36-21-6-8-22(9-7-21)37(34)27(24(28)32)14-17-35-18-15-27/h6-12,19H,4-5,13-18H2,1-3H3,(H2,28,32)(H,29,31)(H,30,33). The SMILES string of the molecule is CC(C)C1=CCC(C)(C(=O)NNC(=O)CCCOc2ccc(S(=O)C3(C(N)=O)CCOCC3)cc2)C=C1. The minimum absolute atomic E-state index is 0.176. The van der Waals surface area contributed by atoms with Gasteiger partial charge in [0.15, 0.2) is 0 Å². The van der Waals surface area contributed by atoms with Crippen LogP contribution in [0.3, 0.4) is 0 Å². The molecule has 0 radical (unpaired) electrons. The molecule has 2 atom stereocenters. The Morgan fingerprint density at radius 1 is 1.14 bits per heavy atom. The Labute approximate surface area is 220 Å². The van der Waals surface area contributed by atoms with Crippen LogP contribution in [0.2, 0.25) is 0 Å². The van der Waals surface area contributed by atoms with E-state index in [0.29, 0.717) is 55.5 Å². The minimum atomic E-state index is -1.60. The van der Waals surface area contributed by atoms with Crippen molar-refractivity contribution in [1.29, 1.82) is 0 Å². The molecule has 1 aromatic rings. The van der Waals surface area contributed by atoms with Crippen LogP contribution in [0.15, 0.2) is 53.0 Å². The lowest BCUT2D eigenvalue weighted by Gasteiger charge is -2.33. The van der Waals surface area contributed by atoms with Gasteiger partial charge in [-0.1, -0.05) is 32.1 Å². The molecule has 0 saturated carbocycles. The van der Waals surface area contributed by atoms with E-state index in [1.54, 1.807) is 24.3 Å². The highest BCUT2D eigenvalue weighted by Crippen LogP contribution is 2.33. The molecule has 0 bridgehead atoms. The van der Waals surface area contributed by atoms with Crippen molar-refractivity contribution >= 4 is 28.5 Å². The van der Waals surface area contributed by atoms with E-state index >= 15 is 0 Å². The molecule has 2 unspecified atom stereocenters. The molecule has 1 saturated heterocycles. The average molecular weight is 532 g/mol. The number of amides is 3. The highest BCUT2D eigenvalue weighted by Gasteiger charge is 2.45. The number of rotatable bonds is 10. The maximum atomic E-state index is 13.1. The molecule has 1 aromatic carbocycles. The Bertz CT molecular complexity index is 1080. The molecule has 3 amide bonds. The van der Waals surface area contributed by atoms with Gasteiger partial charge in [0.05, 0.1) is 22.8 Å². The first-order valence-corrected chi connectivity index (χ1v) is 13.7. The van der Waals surface area contributed by atoms with Crippen molar-refractivity contribution < 1.29 is 28.1 Å². The van der Waals surface area contributed by atoms with E-state index in [1.165, 1.54) is 5.57 Å². The van der Waals surface area contributed by atoms with Gasteiger partial charge in [0.2, 0.25) is 17.7 Å². The summed E-state index contributed by atoms with van der Waals surface area (Å²) in [5, 5.41) is 0. The zero-order valence-electron chi connectivity index (χ0n) is 21.7. The van der Waals surface area contributed by atoms with E-state index in [1.807, 2.05) is 19.1 Å². The van der Waals surface area contributed by atoms with E-state index < -0.39 is 26.9 Å². The molecule has 9 nitrogen and oxygen atoms in total. The molecule has 1 aliphatic carbocycles. The van der Waals surface area contributed by atoms with Gasteiger partial charge in [-0.15, -0.1) is 0 Å². The van der Waals surface area contributed by atoms with Gasteiger partial charge in [-0.05, 0) is 68.4 Å².